The summed E-state index contributed by atoms with van der Waals surface area (Å²) in [4.78, 5) is 12.2. The molecule has 1 aromatic rings. The molecule has 20 heavy (non-hydrogen) atoms. The van der Waals surface area contributed by atoms with Gasteiger partial charge in [0.05, 0.1) is 12.7 Å². The molecular formula is C15H21BrN2O2. The van der Waals surface area contributed by atoms with Crippen LogP contribution in [-0.2, 0) is 0 Å². The molecule has 1 fully saturated rings. The normalized spacial score (nSPS) is 18.6. The zero-order valence-corrected chi connectivity index (χ0v) is 13.3. The molecule has 0 radical (unpaired) electrons. The van der Waals surface area contributed by atoms with Crippen molar-refractivity contribution in [3.63, 3.8) is 0 Å². The fourth-order valence-electron chi connectivity index (χ4n) is 2.46. The number of amides is 1. The van der Waals surface area contributed by atoms with Crippen LogP contribution in [0.3, 0.4) is 0 Å². The Balaban J connectivity index is 1.84. The van der Waals surface area contributed by atoms with E-state index in [9.17, 15) is 4.79 Å². The number of halogens is 1. The van der Waals surface area contributed by atoms with Crippen LogP contribution in [0, 0.1) is 5.92 Å². The lowest BCUT2D eigenvalue weighted by Crippen LogP contribution is -2.33. The van der Waals surface area contributed by atoms with Gasteiger partial charge in [-0.2, -0.15) is 0 Å². The van der Waals surface area contributed by atoms with Crippen molar-refractivity contribution < 1.29 is 9.53 Å². The number of nitrogens with one attached hydrogen (secondary N) is 2. The first-order valence-electron chi connectivity index (χ1n) is 7.03. The molecule has 1 aromatic carbocycles. The summed E-state index contributed by atoms with van der Waals surface area (Å²) in [5, 5.41) is 6.38. The average Bonchev–Trinajstić information content (AvgIpc) is 2.48. The van der Waals surface area contributed by atoms with E-state index in [-0.39, 0.29) is 5.91 Å². The number of methoxy groups -OCH3 is 1. The highest BCUT2D eigenvalue weighted by Gasteiger charge is 2.14. The summed E-state index contributed by atoms with van der Waals surface area (Å²) < 4.78 is 5.94. The van der Waals surface area contributed by atoms with Crippen LogP contribution in [0.4, 0.5) is 0 Å². The molecule has 1 saturated heterocycles. The molecule has 110 valence electrons. The van der Waals surface area contributed by atoms with Gasteiger partial charge in [0.2, 0.25) is 0 Å². The Labute approximate surface area is 128 Å². The van der Waals surface area contributed by atoms with Gasteiger partial charge in [0.25, 0.3) is 5.91 Å². The number of hydrogen-bond donors (Lipinski definition) is 2. The second-order valence-electron chi connectivity index (χ2n) is 5.10. The average molecular weight is 341 g/mol. The van der Waals surface area contributed by atoms with Crippen LogP contribution in [0.15, 0.2) is 22.7 Å². The molecule has 4 nitrogen and oxygen atoms in total. The van der Waals surface area contributed by atoms with Crippen molar-refractivity contribution in [3.8, 4) is 5.75 Å². The van der Waals surface area contributed by atoms with Gasteiger partial charge in [-0.3, -0.25) is 4.79 Å². The second-order valence-corrected chi connectivity index (χ2v) is 5.96. The predicted octanol–water partition coefficient (Wildman–Crippen LogP) is 2.58. The summed E-state index contributed by atoms with van der Waals surface area (Å²) in [5.74, 6) is 1.31. The number of piperidine rings is 1. The maximum Gasteiger partial charge on any atom is 0.252 e. The minimum Gasteiger partial charge on any atom is -0.497 e. The summed E-state index contributed by atoms with van der Waals surface area (Å²) >= 11 is 3.40. The SMILES string of the molecule is COc1ccc(Br)c(C(=O)NCCC2CCCNC2)c1. The van der Waals surface area contributed by atoms with Gasteiger partial charge in [-0.1, -0.05) is 0 Å². The van der Waals surface area contributed by atoms with Gasteiger partial charge in [-0.05, 0) is 72.4 Å². The van der Waals surface area contributed by atoms with Gasteiger partial charge in [0.15, 0.2) is 0 Å². The van der Waals surface area contributed by atoms with Gasteiger partial charge in [-0.15, -0.1) is 0 Å². The molecule has 1 aliphatic heterocycles. The van der Waals surface area contributed by atoms with Crippen molar-refractivity contribution in [2.45, 2.75) is 19.3 Å². The molecule has 1 unspecified atom stereocenters. The molecule has 2 N–H and O–H groups in total. The lowest BCUT2D eigenvalue weighted by molar-refractivity contribution is 0.0949. The van der Waals surface area contributed by atoms with Crippen molar-refractivity contribution in [1.29, 1.82) is 0 Å². The van der Waals surface area contributed by atoms with E-state index in [1.165, 1.54) is 12.8 Å². The topological polar surface area (TPSA) is 50.4 Å². The third-order valence-corrected chi connectivity index (χ3v) is 4.35. The Morgan fingerprint density at radius 2 is 2.40 bits per heavy atom. The van der Waals surface area contributed by atoms with Gasteiger partial charge in [0.1, 0.15) is 5.75 Å². The van der Waals surface area contributed by atoms with Gasteiger partial charge in [-0.25, -0.2) is 0 Å². The molecule has 1 heterocycles. The monoisotopic (exact) mass is 340 g/mol. The number of benzene rings is 1. The quantitative estimate of drug-likeness (QED) is 0.866. The number of ether oxygens (including phenoxy) is 1. The van der Waals surface area contributed by atoms with E-state index in [1.807, 2.05) is 12.1 Å². The van der Waals surface area contributed by atoms with Crippen molar-refractivity contribution in [1.82, 2.24) is 10.6 Å². The highest BCUT2D eigenvalue weighted by Crippen LogP contribution is 2.22. The highest BCUT2D eigenvalue weighted by atomic mass is 79.9. The minimum absolute atomic E-state index is 0.0560. The third-order valence-electron chi connectivity index (χ3n) is 3.66. The first-order chi connectivity index (χ1) is 9.70. The van der Waals surface area contributed by atoms with Gasteiger partial charge < -0.3 is 15.4 Å². The largest absolute Gasteiger partial charge is 0.497 e. The van der Waals surface area contributed by atoms with Crippen LogP contribution in [0.25, 0.3) is 0 Å². The molecule has 1 aliphatic rings. The van der Waals surface area contributed by atoms with Crippen LogP contribution in [0.5, 0.6) is 5.75 Å². The molecule has 0 aliphatic carbocycles. The predicted molar refractivity (Wildman–Crippen MR) is 83.2 cm³/mol. The summed E-state index contributed by atoms with van der Waals surface area (Å²) in [6.45, 7) is 2.91. The third kappa shape index (κ3) is 4.21. The molecule has 2 rings (SSSR count). The van der Waals surface area contributed by atoms with Crippen LogP contribution in [-0.4, -0.2) is 32.7 Å². The van der Waals surface area contributed by atoms with Gasteiger partial charge >= 0.3 is 0 Å². The van der Waals surface area contributed by atoms with E-state index in [0.717, 1.165) is 30.5 Å². The van der Waals surface area contributed by atoms with E-state index in [0.29, 0.717) is 17.2 Å². The molecule has 0 saturated carbocycles. The van der Waals surface area contributed by atoms with Crippen molar-refractivity contribution in [2.75, 3.05) is 26.7 Å². The zero-order chi connectivity index (χ0) is 14.4. The Morgan fingerprint density at radius 1 is 1.55 bits per heavy atom. The van der Waals surface area contributed by atoms with E-state index in [4.69, 9.17) is 4.74 Å². The summed E-state index contributed by atoms with van der Waals surface area (Å²) in [7, 11) is 1.60. The molecule has 0 spiro atoms. The van der Waals surface area contributed by atoms with Crippen molar-refractivity contribution in [2.24, 2.45) is 5.92 Å². The van der Waals surface area contributed by atoms with Crippen molar-refractivity contribution >= 4 is 21.8 Å². The maximum absolute atomic E-state index is 12.2. The van der Waals surface area contributed by atoms with Crippen LogP contribution >= 0.6 is 15.9 Å². The standard InChI is InChI=1S/C15H21BrN2O2/c1-20-12-4-5-14(16)13(9-12)15(19)18-8-6-11-3-2-7-17-10-11/h4-5,9,11,17H,2-3,6-8,10H2,1H3,(H,18,19). The molecule has 0 aromatic heterocycles. The maximum atomic E-state index is 12.2. The lowest BCUT2D eigenvalue weighted by Gasteiger charge is -2.22. The minimum atomic E-state index is -0.0560. The number of carbonyl (C=O) groups excluding carboxylic acids is 1. The van der Waals surface area contributed by atoms with Crippen molar-refractivity contribution in [3.05, 3.63) is 28.2 Å². The van der Waals surface area contributed by atoms with Crippen LogP contribution < -0.4 is 15.4 Å². The smallest absolute Gasteiger partial charge is 0.252 e. The van der Waals surface area contributed by atoms with Gasteiger partial charge in [0, 0.05) is 11.0 Å². The molecule has 5 heteroatoms. The van der Waals surface area contributed by atoms with E-state index < -0.39 is 0 Å². The fourth-order valence-corrected chi connectivity index (χ4v) is 2.89. The summed E-state index contributed by atoms with van der Waals surface area (Å²) in [6, 6.07) is 5.41. The number of carbonyl (C=O) groups is 1. The Kier molecular flexibility index (Phi) is 5.86. The molecule has 1 atom stereocenters. The Hall–Kier alpha value is -1.07. The first kappa shape index (κ1) is 15.3. The lowest BCUT2D eigenvalue weighted by atomic mass is 9.96. The molecule has 0 bridgehead atoms. The van der Waals surface area contributed by atoms with E-state index in [2.05, 4.69) is 26.6 Å². The Morgan fingerprint density at radius 3 is 3.10 bits per heavy atom. The zero-order valence-electron chi connectivity index (χ0n) is 11.7. The molecular weight excluding hydrogens is 320 g/mol. The summed E-state index contributed by atoms with van der Waals surface area (Å²) in [5.41, 5.74) is 0.617. The fraction of sp³-hybridized carbons (Fsp3) is 0.533. The van der Waals surface area contributed by atoms with E-state index in [1.54, 1.807) is 13.2 Å². The van der Waals surface area contributed by atoms with Crippen LogP contribution in [0.2, 0.25) is 0 Å². The second kappa shape index (κ2) is 7.64. The number of hydrogen-bond acceptors (Lipinski definition) is 3. The number of rotatable bonds is 5. The summed E-state index contributed by atoms with van der Waals surface area (Å²) in [6.07, 6.45) is 3.52. The van der Waals surface area contributed by atoms with Crippen LogP contribution in [0.1, 0.15) is 29.6 Å². The van der Waals surface area contributed by atoms with E-state index >= 15 is 0 Å². The Bertz CT molecular complexity index is 459. The molecule has 1 amide bonds. The highest BCUT2D eigenvalue weighted by molar-refractivity contribution is 9.10. The first-order valence-corrected chi connectivity index (χ1v) is 7.82.